The molecule has 2 unspecified atom stereocenters. The number of unbranched alkanes of at least 4 members (excludes halogenated alkanes) is 10. The number of carbonyl (C=O) groups is 2. The molecule has 0 bridgehead atoms. The highest BCUT2D eigenvalue weighted by molar-refractivity contribution is 7.47. The van der Waals surface area contributed by atoms with Crippen LogP contribution >= 0.6 is 7.82 Å². The molecule has 0 aliphatic carbocycles. The Morgan fingerprint density at radius 1 is 0.608 bits per heavy atom. The van der Waals surface area contributed by atoms with Crippen molar-refractivity contribution in [3.63, 3.8) is 0 Å². The molecule has 0 aromatic heterocycles. The van der Waals surface area contributed by atoms with Crippen LogP contribution in [0.1, 0.15) is 142 Å². The van der Waals surface area contributed by atoms with Crippen LogP contribution in [-0.2, 0) is 27.9 Å². The average Bonchev–Trinajstić information content (AvgIpc) is 3.11. The summed E-state index contributed by atoms with van der Waals surface area (Å²) >= 11 is 0. The van der Waals surface area contributed by atoms with Crippen LogP contribution in [0.3, 0.4) is 0 Å². The first-order chi connectivity index (χ1) is 24.8. The van der Waals surface area contributed by atoms with Crippen molar-refractivity contribution in [3.05, 3.63) is 72.9 Å². The minimum Gasteiger partial charge on any atom is -0.463 e. The summed E-state index contributed by atoms with van der Waals surface area (Å²) in [7, 11) is -4.43. The van der Waals surface area contributed by atoms with Gasteiger partial charge < -0.3 is 20.1 Å². The molecule has 10 heteroatoms. The number of rotatable bonds is 35. The number of esters is 1. The summed E-state index contributed by atoms with van der Waals surface area (Å²) in [5.74, 6) is -0.564. The first kappa shape index (κ1) is 48.5. The van der Waals surface area contributed by atoms with Gasteiger partial charge in [-0.05, 0) is 77.0 Å². The molecule has 0 fully saturated rings. The quantitative estimate of drug-likeness (QED) is 0.0254. The summed E-state index contributed by atoms with van der Waals surface area (Å²) < 4.78 is 26.8. The van der Waals surface area contributed by atoms with E-state index in [-0.39, 0.29) is 32.1 Å². The van der Waals surface area contributed by atoms with Crippen molar-refractivity contribution in [3.8, 4) is 0 Å². The molecule has 0 aliphatic heterocycles. The lowest BCUT2D eigenvalue weighted by Crippen LogP contribution is -2.27. The van der Waals surface area contributed by atoms with Crippen molar-refractivity contribution >= 4 is 19.7 Å². The number of hydrogen-bond donors (Lipinski definition) is 3. The number of carbonyl (C=O) groups excluding carboxylic acids is 2. The SMILES string of the molecule is CC/C=C\C/C=C\C/C=C\CCCCCCCCCC(=O)NCCOP(=O)(O)OCC(O)COC(=O)CCCCC/C=C\C/C=C\C/C=C\CC. The lowest BCUT2D eigenvalue weighted by atomic mass is 10.1. The largest absolute Gasteiger partial charge is 0.472 e. The summed E-state index contributed by atoms with van der Waals surface area (Å²) in [6, 6.07) is 0. The molecule has 9 nitrogen and oxygen atoms in total. The number of aliphatic hydroxyl groups is 1. The lowest BCUT2D eigenvalue weighted by Gasteiger charge is -2.15. The van der Waals surface area contributed by atoms with E-state index in [2.05, 4.69) is 92.1 Å². The third kappa shape index (κ3) is 38.5. The van der Waals surface area contributed by atoms with Gasteiger partial charge in [-0.25, -0.2) is 4.57 Å². The Morgan fingerprint density at radius 3 is 1.61 bits per heavy atom. The van der Waals surface area contributed by atoms with Crippen molar-refractivity contribution < 1.29 is 37.9 Å². The maximum absolute atomic E-state index is 12.1. The van der Waals surface area contributed by atoms with Crippen LogP contribution in [0.25, 0.3) is 0 Å². The van der Waals surface area contributed by atoms with E-state index >= 15 is 0 Å². The van der Waals surface area contributed by atoms with Gasteiger partial charge in [-0.2, -0.15) is 0 Å². The maximum atomic E-state index is 12.1. The highest BCUT2D eigenvalue weighted by atomic mass is 31.2. The van der Waals surface area contributed by atoms with Crippen molar-refractivity contribution in [2.45, 2.75) is 148 Å². The normalized spacial score (nSPS) is 14.2. The fraction of sp³-hybridized carbons (Fsp3) is 0.659. The van der Waals surface area contributed by atoms with E-state index < -0.39 is 26.5 Å². The number of ether oxygens (including phenoxy) is 1. The van der Waals surface area contributed by atoms with E-state index in [9.17, 15) is 24.2 Å². The Kier molecular flexibility index (Phi) is 35.4. The Morgan fingerprint density at radius 2 is 1.06 bits per heavy atom. The van der Waals surface area contributed by atoms with Crippen LogP contribution in [0.4, 0.5) is 0 Å². The molecule has 0 rings (SSSR count). The van der Waals surface area contributed by atoms with Gasteiger partial charge in [-0.1, -0.05) is 125 Å². The van der Waals surface area contributed by atoms with Gasteiger partial charge in [0.05, 0.1) is 13.2 Å². The van der Waals surface area contributed by atoms with Crippen LogP contribution < -0.4 is 5.32 Å². The number of phosphoric ester groups is 1. The molecule has 0 heterocycles. The second-order valence-corrected chi connectivity index (χ2v) is 13.9. The number of nitrogens with one attached hydrogen (secondary N) is 1. The van der Waals surface area contributed by atoms with Crippen LogP contribution in [-0.4, -0.2) is 54.3 Å². The van der Waals surface area contributed by atoms with E-state index in [1.165, 1.54) is 25.7 Å². The Balaban J connectivity index is 3.68. The van der Waals surface area contributed by atoms with Gasteiger partial charge in [0.2, 0.25) is 5.91 Å². The first-order valence-electron chi connectivity index (χ1n) is 19.4. The van der Waals surface area contributed by atoms with E-state index in [0.29, 0.717) is 12.8 Å². The topological polar surface area (TPSA) is 131 Å². The highest BCUT2D eigenvalue weighted by Crippen LogP contribution is 2.42. The van der Waals surface area contributed by atoms with Crippen molar-refractivity contribution in [1.82, 2.24) is 5.32 Å². The summed E-state index contributed by atoms with van der Waals surface area (Å²) in [5.41, 5.74) is 0. The highest BCUT2D eigenvalue weighted by Gasteiger charge is 2.23. The molecule has 0 saturated heterocycles. The predicted octanol–water partition coefficient (Wildman–Crippen LogP) is 10.3. The van der Waals surface area contributed by atoms with Crippen molar-refractivity contribution in [2.75, 3.05) is 26.4 Å². The average molecular weight is 736 g/mol. The predicted molar refractivity (Wildman–Crippen MR) is 210 cm³/mol. The third-order valence-electron chi connectivity index (χ3n) is 7.63. The molecule has 0 saturated carbocycles. The van der Waals surface area contributed by atoms with Crippen LogP contribution in [0.2, 0.25) is 0 Å². The number of amides is 1. The molecule has 3 N–H and O–H groups in total. The smallest absolute Gasteiger partial charge is 0.463 e. The van der Waals surface area contributed by atoms with Crippen molar-refractivity contribution in [1.29, 1.82) is 0 Å². The third-order valence-corrected chi connectivity index (χ3v) is 8.62. The molecule has 51 heavy (non-hydrogen) atoms. The monoisotopic (exact) mass is 735 g/mol. The minimum atomic E-state index is -4.43. The molecule has 2 atom stereocenters. The maximum Gasteiger partial charge on any atom is 0.472 e. The molecule has 0 aromatic carbocycles. The fourth-order valence-electron chi connectivity index (χ4n) is 4.76. The summed E-state index contributed by atoms with van der Waals surface area (Å²) in [6.45, 7) is 3.25. The molecule has 0 spiro atoms. The Hall–Kier alpha value is -2.55. The Bertz CT molecular complexity index is 1070. The lowest BCUT2D eigenvalue weighted by molar-refractivity contribution is -0.147. The molecular formula is C41H70NO8P. The van der Waals surface area contributed by atoms with Crippen LogP contribution in [0.5, 0.6) is 0 Å². The van der Waals surface area contributed by atoms with E-state index in [1.54, 1.807) is 0 Å². The fourth-order valence-corrected chi connectivity index (χ4v) is 5.52. The molecular weight excluding hydrogens is 665 g/mol. The molecule has 1 amide bonds. The second kappa shape index (κ2) is 37.2. The van der Waals surface area contributed by atoms with Gasteiger partial charge in [0.25, 0.3) is 0 Å². The van der Waals surface area contributed by atoms with Crippen LogP contribution in [0.15, 0.2) is 72.9 Å². The molecule has 0 aromatic rings. The first-order valence-corrected chi connectivity index (χ1v) is 20.9. The summed E-state index contributed by atoms with van der Waals surface area (Å²) in [4.78, 5) is 33.8. The zero-order valence-corrected chi connectivity index (χ0v) is 32.7. The standard InChI is InChI=1S/C41H70NO8P/c1-3-5-7-9-11-13-15-17-18-19-20-22-23-25-27-29-31-33-40(44)42-35-36-49-51(46,47)50-38-39(43)37-48-41(45)34-32-30-28-26-24-21-16-14-12-10-8-6-4-2/h5-8,11-14,17-18,21,24,39,43H,3-4,9-10,15-16,19-20,22-23,25-38H2,1-2H3,(H,42,44)(H,46,47)/b7-5-,8-6-,13-11-,14-12-,18-17-,24-21-. The van der Waals surface area contributed by atoms with Gasteiger partial charge in [0, 0.05) is 19.4 Å². The van der Waals surface area contributed by atoms with Crippen LogP contribution in [0, 0.1) is 0 Å². The number of hydrogen-bond acceptors (Lipinski definition) is 7. The van der Waals surface area contributed by atoms with Crippen molar-refractivity contribution in [2.24, 2.45) is 0 Å². The molecule has 0 radical (unpaired) electrons. The van der Waals surface area contributed by atoms with E-state index in [4.69, 9.17) is 13.8 Å². The van der Waals surface area contributed by atoms with E-state index in [0.717, 1.165) is 83.5 Å². The minimum absolute atomic E-state index is 0.0682. The van der Waals surface area contributed by atoms with Gasteiger partial charge >= 0.3 is 13.8 Å². The second-order valence-electron chi connectivity index (χ2n) is 12.5. The number of allylic oxidation sites excluding steroid dienone is 12. The van der Waals surface area contributed by atoms with Gasteiger partial charge in [0.1, 0.15) is 12.7 Å². The number of aliphatic hydroxyl groups excluding tert-OH is 1. The van der Waals surface area contributed by atoms with E-state index in [1.807, 2.05) is 0 Å². The summed E-state index contributed by atoms with van der Waals surface area (Å²) in [6.07, 6.45) is 44.0. The molecule has 0 aliphatic rings. The van der Waals surface area contributed by atoms with Gasteiger partial charge in [-0.15, -0.1) is 0 Å². The molecule has 292 valence electrons. The van der Waals surface area contributed by atoms with Gasteiger partial charge in [0.15, 0.2) is 0 Å². The summed E-state index contributed by atoms with van der Waals surface area (Å²) in [5, 5.41) is 12.6. The van der Waals surface area contributed by atoms with Gasteiger partial charge in [-0.3, -0.25) is 18.6 Å². The number of phosphoric acid groups is 1. The zero-order valence-electron chi connectivity index (χ0n) is 31.8. The Labute approximate surface area is 310 Å². The zero-order chi connectivity index (χ0) is 37.5.